The molecule has 1 fully saturated rings. The van der Waals surface area contributed by atoms with Crippen LogP contribution >= 0.6 is 0 Å². The van der Waals surface area contributed by atoms with Crippen LogP contribution in [-0.4, -0.2) is 54.9 Å². The van der Waals surface area contributed by atoms with E-state index in [0.717, 1.165) is 30.1 Å². The van der Waals surface area contributed by atoms with Crippen molar-refractivity contribution in [3.05, 3.63) is 65.6 Å². The first-order chi connectivity index (χ1) is 14.1. The van der Waals surface area contributed by atoms with Crippen LogP contribution in [0.15, 0.2) is 48.6 Å². The number of fused-ring (bicyclic) bond motifs is 1. The Bertz CT molecular complexity index is 1090. The number of carbonyl (C=O) groups excluding carboxylic acids is 1. The van der Waals surface area contributed by atoms with Gasteiger partial charge in [0.15, 0.2) is 0 Å². The van der Waals surface area contributed by atoms with Crippen molar-refractivity contribution < 1.29 is 4.79 Å². The molecule has 5 heterocycles. The zero-order valence-electron chi connectivity index (χ0n) is 16.1. The highest BCUT2D eigenvalue weighted by Gasteiger charge is 2.41. The highest BCUT2D eigenvalue weighted by Crippen LogP contribution is 2.33. The van der Waals surface area contributed by atoms with E-state index in [-0.39, 0.29) is 11.7 Å². The summed E-state index contributed by atoms with van der Waals surface area (Å²) in [7, 11) is 0. The Balaban J connectivity index is 1.47. The number of anilines is 1. The van der Waals surface area contributed by atoms with Crippen molar-refractivity contribution in [3.63, 3.8) is 0 Å². The summed E-state index contributed by atoms with van der Waals surface area (Å²) in [4.78, 5) is 30.3. The topological polar surface area (TPSA) is 102 Å². The first kappa shape index (κ1) is 17.6. The Morgan fingerprint density at radius 1 is 1.14 bits per heavy atom. The summed E-state index contributed by atoms with van der Waals surface area (Å²) in [6.45, 7) is 5.40. The van der Waals surface area contributed by atoms with E-state index >= 15 is 0 Å². The highest BCUT2D eigenvalue weighted by molar-refractivity contribution is 6.03. The molecular weight excluding hydrogens is 368 g/mol. The van der Waals surface area contributed by atoms with Gasteiger partial charge in [0.1, 0.15) is 11.4 Å². The van der Waals surface area contributed by atoms with Crippen molar-refractivity contribution in [2.75, 3.05) is 18.0 Å². The van der Waals surface area contributed by atoms with E-state index in [9.17, 15) is 4.79 Å². The van der Waals surface area contributed by atoms with E-state index < -0.39 is 6.04 Å². The molecule has 9 nitrogen and oxygen atoms in total. The van der Waals surface area contributed by atoms with Crippen molar-refractivity contribution in [2.45, 2.75) is 19.9 Å². The third-order valence-electron chi connectivity index (χ3n) is 5.24. The predicted molar refractivity (Wildman–Crippen MR) is 106 cm³/mol. The lowest BCUT2D eigenvalue weighted by molar-refractivity contribution is 0.0961. The van der Waals surface area contributed by atoms with Crippen LogP contribution in [0.1, 0.15) is 21.9 Å². The maximum atomic E-state index is 13.4. The van der Waals surface area contributed by atoms with Crippen LogP contribution < -0.4 is 10.2 Å². The fourth-order valence-electron chi connectivity index (χ4n) is 4.00. The largest absolute Gasteiger partial charge is 0.316 e. The first-order valence-corrected chi connectivity index (χ1v) is 9.50. The van der Waals surface area contributed by atoms with Gasteiger partial charge in [0.25, 0.3) is 0 Å². The molecule has 0 aromatic carbocycles. The second-order valence-electron chi connectivity index (χ2n) is 7.32. The summed E-state index contributed by atoms with van der Waals surface area (Å²) in [6.07, 6.45) is 6.78. The predicted octanol–water partition coefficient (Wildman–Crippen LogP) is 1.24. The van der Waals surface area contributed by atoms with Crippen molar-refractivity contribution in [2.24, 2.45) is 5.92 Å². The third kappa shape index (κ3) is 3.09. The zero-order chi connectivity index (χ0) is 20.0. The molecule has 9 heteroatoms. The number of aromatic nitrogens is 6. The first-order valence-electron chi connectivity index (χ1n) is 9.50. The number of nitrogens with one attached hydrogen (secondary N) is 1. The molecule has 0 spiro atoms. The van der Waals surface area contributed by atoms with E-state index in [1.54, 1.807) is 30.7 Å². The van der Waals surface area contributed by atoms with Gasteiger partial charge >= 0.3 is 0 Å². The van der Waals surface area contributed by atoms with E-state index in [2.05, 4.69) is 30.5 Å². The van der Waals surface area contributed by atoms with Crippen molar-refractivity contribution in [1.29, 1.82) is 0 Å². The quantitative estimate of drug-likeness (QED) is 0.666. The standard InChI is InChI=1S/C20H20N8O/c1-12-8-13(2)26-20(25-12)27-10-14-9-22-17(15(14)11-27)19(29)18-16(4-3-5-21-18)28-23-6-7-24-28/h3-8,11,14,17,22H,9-10H2,1-2H3. The van der Waals surface area contributed by atoms with Gasteiger partial charge in [-0.2, -0.15) is 10.2 Å². The van der Waals surface area contributed by atoms with Gasteiger partial charge in [-0.1, -0.05) is 0 Å². The van der Waals surface area contributed by atoms with Gasteiger partial charge in [-0.25, -0.2) is 9.97 Å². The lowest BCUT2D eigenvalue weighted by Crippen LogP contribution is -2.34. The van der Waals surface area contributed by atoms with Gasteiger partial charge < -0.3 is 10.2 Å². The molecule has 29 heavy (non-hydrogen) atoms. The number of nitrogens with zero attached hydrogens (tertiary/aromatic N) is 7. The Morgan fingerprint density at radius 2 is 1.90 bits per heavy atom. The number of hydrogen-bond acceptors (Lipinski definition) is 8. The molecule has 3 aromatic rings. The Kier molecular flexibility index (Phi) is 4.17. The van der Waals surface area contributed by atoms with Crippen LogP contribution in [0.5, 0.6) is 0 Å². The summed E-state index contributed by atoms with van der Waals surface area (Å²) in [5.41, 5.74) is 3.82. The molecular formula is C20H20N8O. The Hall–Kier alpha value is -3.46. The van der Waals surface area contributed by atoms with Gasteiger partial charge in [-0.15, -0.1) is 4.80 Å². The molecule has 0 aliphatic carbocycles. The fraction of sp³-hybridized carbons (Fsp3) is 0.300. The lowest BCUT2D eigenvalue weighted by atomic mass is 9.97. The maximum Gasteiger partial charge on any atom is 0.229 e. The highest BCUT2D eigenvalue weighted by atomic mass is 16.1. The number of rotatable bonds is 4. The molecule has 2 aliphatic heterocycles. The van der Waals surface area contributed by atoms with Gasteiger partial charge in [-0.05, 0) is 37.6 Å². The molecule has 2 aliphatic rings. The molecule has 0 amide bonds. The van der Waals surface area contributed by atoms with Crippen LogP contribution in [-0.2, 0) is 0 Å². The maximum absolute atomic E-state index is 13.4. The van der Waals surface area contributed by atoms with Crippen molar-refractivity contribution in [3.8, 4) is 5.69 Å². The minimum atomic E-state index is -0.430. The fourth-order valence-corrected chi connectivity index (χ4v) is 4.00. The molecule has 0 saturated carbocycles. The van der Waals surface area contributed by atoms with E-state index in [4.69, 9.17) is 0 Å². The average Bonchev–Trinajstić information content (AvgIpc) is 3.43. The molecule has 3 aromatic heterocycles. The normalized spacial score (nSPS) is 20.6. The number of aryl methyl sites for hydroxylation is 2. The summed E-state index contributed by atoms with van der Waals surface area (Å²) in [5, 5.41) is 11.6. The second kappa shape index (κ2) is 6.85. The molecule has 0 bridgehead atoms. The van der Waals surface area contributed by atoms with Crippen molar-refractivity contribution >= 4 is 11.7 Å². The van der Waals surface area contributed by atoms with E-state index in [1.165, 1.54) is 4.80 Å². The molecule has 2 unspecified atom stereocenters. The molecule has 0 radical (unpaired) electrons. The van der Waals surface area contributed by atoms with Crippen LogP contribution in [0.4, 0.5) is 5.95 Å². The average molecular weight is 388 g/mol. The number of ketones is 1. The van der Waals surface area contributed by atoms with Gasteiger partial charge in [0, 0.05) is 42.8 Å². The van der Waals surface area contributed by atoms with E-state index in [1.807, 2.05) is 31.0 Å². The molecule has 1 N–H and O–H groups in total. The number of Topliss-reactive ketones (excluding diaryl/α,β-unsaturated/α-hetero) is 1. The summed E-state index contributed by atoms with van der Waals surface area (Å²) >= 11 is 0. The molecule has 2 atom stereocenters. The van der Waals surface area contributed by atoms with E-state index in [0.29, 0.717) is 17.3 Å². The Morgan fingerprint density at radius 3 is 2.66 bits per heavy atom. The number of carbonyl (C=O) groups is 1. The van der Waals surface area contributed by atoms with Crippen LogP contribution in [0.2, 0.25) is 0 Å². The molecule has 5 rings (SSSR count). The SMILES string of the molecule is Cc1cc(C)nc(N2C=C3C(CNC3C(=O)c3ncccc3-n3nccn3)C2)n1. The number of pyridine rings is 1. The summed E-state index contributed by atoms with van der Waals surface area (Å²) in [5.74, 6) is 0.827. The summed E-state index contributed by atoms with van der Waals surface area (Å²) < 4.78 is 0. The third-order valence-corrected chi connectivity index (χ3v) is 5.24. The lowest BCUT2D eigenvalue weighted by Gasteiger charge is -2.16. The van der Waals surface area contributed by atoms with Crippen LogP contribution in [0.25, 0.3) is 5.69 Å². The second-order valence-corrected chi connectivity index (χ2v) is 7.32. The smallest absolute Gasteiger partial charge is 0.229 e. The molecule has 1 saturated heterocycles. The monoisotopic (exact) mass is 388 g/mol. The minimum absolute atomic E-state index is 0.0881. The van der Waals surface area contributed by atoms with Crippen LogP contribution in [0, 0.1) is 19.8 Å². The van der Waals surface area contributed by atoms with Crippen LogP contribution in [0.3, 0.4) is 0 Å². The summed E-state index contributed by atoms with van der Waals surface area (Å²) in [6, 6.07) is 5.09. The zero-order valence-corrected chi connectivity index (χ0v) is 16.1. The van der Waals surface area contributed by atoms with Gasteiger partial charge in [0.05, 0.1) is 18.4 Å². The van der Waals surface area contributed by atoms with Gasteiger partial charge in [0.2, 0.25) is 11.7 Å². The Labute approximate surface area is 167 Å². The molecule has 146 valence electrons. The number of hydrogen-bond donors (Lipinski definition) is 1. The minimum Gasteiger partial charge on any atom is -0.316 e. The van der Waals surface area contributed by atoms with Gasteiger partial charge in [-0.3, -0.25) is 9.78 Å². The van der Waals surface area contributed by atoms with Crippen molar-refractivity contribution in [1.82, 2.24) is 35.3 Å².